The van der Waals surface area contributed by atoms with E-state index in [2.05, 4.69) is 32.3 Å². The summed E-state index contributed by atoms with van der Waals surface area (Å²) in [6.45, 7) is 12.8. The highest BCUT2D eigenvalue weighted by molar-refractivity contribution is 5.02. The number of aliphatic hydroxyl groups is 1. The quantitative estimate of drug-likeness (QED) is 0.703. The van der Waals surface area contributed by atoms with Gasteiger partial charge >= 0.3 is 0 Å². The molecule has 1 heterocycles. The Hall–Kier alpha value is -0.340. The van der Waals surface area contributed by atoms with Crippen LogP contribution in [0.3, 0.4) is 0 Å². The highest BCUT2D eigenvalue weighted by Gasteiger charge is 2.38. The molecule has 1 N–H and O–H groups in total. The summed E-state index contributed by atoms with van der Waals surface area (Å²) in [5, 5.41) is 10.4. The minimum atomic E-state index is -0.275. The van der Waals surface area contributed by atoms with Crippen molar-refractivity contribution in [3.05, 3.63) is 12.2 Å². The fourth-order valence-electron chi connectivity index (χ4n) is 2.54. The molecule has 0 bridgehead atoms. The first-order chi connectivity index (χ1) is 7.54. The zero-order chi connectivity index (χ0) is 12.2. The van der Waals surface area contributed by atoms with E-state index in [0.29, 0.717) is 0 Å². The Bertz CT molecular complexity index is 233. The Morgan fingerprint density at radius 2 is 1.94 bits per heavy atom. The monoisotopic (exact) mass is 225 g/mol. The molecule has 0 aromatic rings. The fraction of sp³-hybridized carbons (Fsp3) is 0.857. The first-order valence-corrected chi connectivity index (χ1v) is 6.64. The minimum absolute atomic E-state index is 0.0609. The van der Waals surface area contributed by atoms with Gasteiger partial charge in [-0.25, -0.2) is 0 Å². The Kier molecular flexibility index (Phi) is 5.00. The molecule has 0 spiro atoms. The zero-order valence-corrected chi connectivity index (χ0v) is 11.1. The van der Waals surface area contributed by atoms with E-state index in [4.69, 9.17) is 0 Å². The minimum Gasteiger partial charge on any atom is -0.391 e. The second-order valence-corrected chi connectivity index (χ2v) is 5.23. The largest absolute Gasteiger partial charge is 0.391 e. The van der Waals surface area contributed by atoms with Crippen molar-refractivity contribution in [2.75, 3.05) is 13.1 Å². The van der Waals surface area contributed by atoms with Gasteiger partial charge in [0, 0.05) is 5.54 Å². The molecule has 1 aliphatic heterocycles. The second kappa shape index (κ2) is 5.83. The molecule has 16 heavy (non-hydrogen) atoms. The summed E-state index contributed by atoms with van der Waals surface area (Å²) in [6, 6.07) is 0. The number of aliphatic hydroxyl groups excluding tert-OH is 1. The van der Waals surface area contributed by atoms with E-state index >= 15 is 0 Å². The van der Waals surface area contributed by atoms with Crippen LogP contribution in [-0.4, -0.2) is 34.7 Å². The maximum absolute atomic E-state index is 10.4. The first kappa shape index (κ1) is 13.7. The number of likely N-dealkylation sites (tertiary alicyclic amines) is 1. The Labute approximate surface area is 100 Å². The predicted octanol–water partition coefficient (Wildman–Crippen LogP) is 2.97. The molecule has 94 valence electrons. The van der Waals surface area contributed by atoms with Crippen LogP contribution in [0.1, 0.15) is 52.9 Å². The van der Waals surface area contributed by atoms with Crippen molar-refractivity contribution in [2.24, 2.45) is 0 Å². The van der Waals surface area contributed by atoms with Crippen LogP contribution in [0.4, 0.5) is 0 Å². The fourth-order valence-corrected chi connectivity index (χ4v) is 2.54. The van der Waals surface area contributed by atoms with Crippen molar-refractivity contribution in [3.8, 4) is 0 Å². The lowest BCUT2D eigenvalue weighted by atomic mass is 9.85. The van der Waals surface area contributed by atoms with E-state index in [9.17, 15) is 5.11 Å². The van der Waals surface area contributed by atoms with Gasteiger partial charge in [0.05, 0.1) is 6.10 Å². The summed E-state index contributed by atoms with van der Waals surface area (Å²) in [5.41, 5.74) is 1.10. The number of hydrogen-bond donors (Lipinski definition) is 1. The molecule has 1 fully saturated rings. The van der Waals surface area contributed by atoms with Gasteiger partial charge in [0.25, 0.3) is 0 Å². The molecular weight excluding hydrogens is 198 g/mol. The molecule has 0 aliphatic carbocycles. The van der Waals surface area contributed by atoms with Crippen LogP contribution in [0.5, 0.6) is 0 Å². The van der Waals surface area contributed by atoms with Crippen LogP contribution in [0.25, 0.3) is 0 Å². The van der Waals surface area contributed by atoms with E-state index in [1.165, 1.54) is 12.8 Å². The number of rotatable bonds is 6. The van der Waals surface area contributed by atoms with Gasteiger partial charge in [-0.3, -0.25) is 4.90 Å². The highest BCUT2D eigenvalue weighted by atomic mass is 16.3. The van der Waals surface area contributed by atoms with Crippen molar-refractivity contribution in [2.45, 2.75) is 64.5 Å². The summed E-state index contributed by atoms with van der Waals surface area (Å²) in [6.07, 6.45) is 5.00. The normalized spacial score (nSPS) is 23.0. The smallest absolute Gasteiger partial charge is 0.0757 e. The standard InChI is InChI=1S/C14H27NO/c1-5-12(3)11-13(16)14(4,6-2)15-9-7-8-10-15/h13,16H,3,5-11H2,1-2,4H3. The predicted molar refractivity (Wildman–Crippen MR) is 69.6 cm³/mol. The molecule has 0 radical (unpaired) electrons. The van der Waals surface area contributed by atoms with Crippen molar-refractivity contribution >= 4 is 0 Å². The molecule has 2 heteroatoms. The second-order valence-electron chi connectivity index (χ2n) is 5.23. The van der Waals surface area contributed by atoms with Crippen LogP contribution >= 0.6 is 0 Å². The van der Waals surface area contributed by atoms with Gasteiger partial charge in [0.1, 0.15) is 0 Å². The molecule has 1 saturated heterocycles. The lowest BCUT2D eigenvalue weighted by Crippen LogP contribution is -2.53. The van der Waals surface area contributed by atoms with E-state index in [1.54, 1.807) is 0 Å². The van der Waals surface area contributed by atoms with Gasteiger partial charge in [0.2, 0.25) is 0 Å². The molecule has 0 saturated carbocycles. The molecule has 0 amide bonds. The van der Waals surface area contributed by atoms with Crippen molar-refractivity contribution < 1.29 is 5.11 Å². The Morgan fingerprint density at radius 3 is 2.38 bits per heavy atom. The van der Waals surface area contributed by atoms with E-state index in [0.717, 1.165) is 37.9 Å². The Morgan fingerprint density at radius 1 is 1.38 bits per heavy atom. The van der Waals surface area contributed by atoms with Crippen molar-refractivity contribution in [3.63, 3.8) is 0 Å². The van der Waals surface area contributed by atoms with Gasteiger partial charge in [0.15, 0.2) is 0 Å². The van der Waals surface area contributed by atoms with Gasteiger partial charge in [-0.2, -0.15) is 0 Å². The molecule has 2 atom stereocenters. The summed E-state index contributed by atoms with van der Waals surface area (Å²) in [5.74, 6) is 0. The van der Waals surface area contributed by atoms with E-state index in [-0.39, 0.29) is 11.6 Å². The molecule has 1 rings (SSSR count). The summed E-state index contributed by atoms with van der Waals surface area (Å²) in [7, 11) is 0. The van der Waals surface area contributed by atoms with Crippen molar-refractivity contribution in [1.29, 1.82) is 0 Å². The van der Waals surface area contributed by atoms with E-state index in [1.807, 2.05) is 0 Å². The number of nitrogens with zero attached hydrogens (tertiary/aromatic N) is 1. The van der Waals surface area contributed by atoms with Gasteiger partial charge in [-0.05, 0) is 52.1 Å². The first-order valence-electron chi connectivity index (χ1n) is 6.64. The van der Waals surface area contributed by atoms with Gasteiger partial charge < -0.3 is 5.11 Å². The molecule has 1 aliphatic rings. The number of hydrogen-bond acceptors (Lipinski definition) is 2. The lowest BCUT2D eigenvalue weighted by molar-refractivity contribution is -0.0119. The molecule has 2 nitrogen and oxygen atoms in total. The molecule has 0 aromatic heterocycles. The third kappa shape index (κ3) is 2.86. The van der Waals surface area contributed by atoms with Gasteiger partial charge in [-0.1, -0.05) is 26.0 Å². The average molecular weight is 225 g/mol. The third-order valence-electron chi connectivity index (χ3n) is 4.24. The summed E-state index contributed by atoms with van der Waals surface area (Å²) < 4.78 is 0. The topological polar surface area (TPSA) is 23.5 Å². The van der Waals surface area contributed by atoms with Crippen LogP contribution in [0.15, 0.2) is 12.2 Å². The lowest BCUT2D eigenvalue weighted by Gasteiger charge is -2.42. The molecule has 2 unspecified atom stereocenters. The zero-order valence-electron chi connectivity index (χ0n) is 11.1. The summed E-state index contributed by atoms with van der Waals surface area (Å²) >= 11 is 0. The maximum atomic E-state index is 10.4. The Balaban J connectivity index is 2.66. The highest BCUT2D eigenvalue weighted by Crippen LogP contribution is 2.30. The molecule has 0 aromatic carbocycles. The maximum Gasteiger partial charge on any atom is 0.0757 e. The van der Waals surface area contributed by atoms with Crippen LogP contribution in [0.2, 0.25) is 0 Å². The molecular formula is C14H27NO. The summed E-state index contributed by atoms with van der Waals surface area (Å²) in [4.78, 5) is 2.46. The van der Waals surface area contributed by atoms with Crippen molar-refractivity contribution in [1.82, 2.24) is 4.90 Å². The average Bonchev–Trinajstić information content (AvgIpc) is 2.81. The van der Waals surface area contributed by atoms with Crippen LogP contribution in [-0.2, 0) is 0 Å². The SMILES string of the molecule is C=C(CC)CC(O)C(C)(CC)N1CCCC1. The van der Waals surface area contributed by atoms with E-state index < -0.39 is 0 Å². The van der Waals surface area contributed by atoms with Crippen LogP contribution in [0, 0.1) is 0 Å². The van der Waals surface area contributed by atoms with Crippen LogP contribution < -0.4 is 0 Å². The van der Waals surface area contributed by atoms with Gasteiger partial charge in [-0.15, -0.1) is 0 Å². The third-order valence-corrected chi connectivity index (χ3v) is 4.24.